The summed E-state index contributed by atoms with van der Waals surface area (Å²) in [5, 5.41) is 6.98. The molecule has 1 aromatic carbocycles. The predicted octanol–water partition coefficient (Wildman–Crippen LogP) is 0.786. The Kier molecular flexibility index (Phi) is 3.73. The van der Waals surface area contributed by atoms with Crippen LogP contribution >= 0.6 is 0 Å². The van der Waals surface area contributed by atoms with Crippen molar-refractivity contribution in [3.8, 4) is 5.75 Å². The lowest BCUT2D eigenvalue weighted by Crippen LogP contribution is -2.54. The van der Waals surface area contributed by atoms with Gasteiger partial charge in [-0.3, -0.25) is 4.90 Å². The van der Waals surface area contributed by atoms with Gasteiger partial charge in [-0.2, -0.15) is 0 Å². The molecule has 0 spiro atoms. The summed E-state index contributed by atoms with van der Waals surface area (Å²) in [6, 6.07) is 7.50. The molecule has 1 fully saturated rings. The molecule has 0 aromatic heterocycles. The molecule has 0 amide bonds. The molecule has 4 nitrogen and oxygen atoms in total. The molecular weight excluding hydrogens is 238 g/mol. The van der Waals surface area contributed by atoms with Crippen LogP contribution in [0, 0.1) is 0 Å². The molecule has 2 unspecified atom stereocenters. The van der Waals surface area contributed by atoms with Crippen LogP contribution in [-0.2, 0) is 6.42 Å². The van der Waals surface area contributed by atoms with E-state index in [1.54, 1.807) is 0 Å². The minimum absolute atomic E-state index is 0.365. The third-order valence-electron chi connectivity index (χ3n) is 4.33. The number of rotatable bonds is 3. The first-order valence-corrected chi connectivity index (χ1v) is 7.13. The topological polar surface area (TPSA) is 36.5 Å². The van der Waals surface area contributed by atoms with E-state index in [2.05, 4.69) is 47.8 Å². The Morgan fingerprint density at radius 2 is 2.37 bits per heavy atom. The lowest BCUT2D eigenvalue weighted by Gasteiger charge is -2.38. The minimum atomic E-state index is 0.365. The van der Waals surface area contributed by atoms with Gasteiger partial charge in [0.1, 0.15) is 5.75 Å². The van der Waals surface area contributed by atoms with Crippen molar-refractivity contribution in [2.24, 2.45) is 0 Å². The second-order valence-electron chi connectivity index (χ2n) is 5.48. The molecule has 0 saturated carbocycles. The second kappa shape index (κ2) is 5.49. The second-order valence-corrected chi connectivity index (χ2v) is 5.48. The smallest absolute Gasteiger partial charge is 0.122 e. The Hall–Kier alpha value is -1.10. The quantitative estimate of drug-likeness (QED) is 0.843. The average Bonchev–Trinajstić information content (AvgIpc) is 2.89. The van der Waals surface area contributed by atoms with Crippen LogP contribution < -0.4 is 15.4 Å². The van der Waals surface area contributed by atoms with Gasteiger partial charge in [-0.25, -0.2) is 0 Å². The van der Waals surface area contributed by atoms with Crippen LogP contribution in [0.15, 0.2) is 18.2 Å². The zero-order valence-electron chi connectivity index (χ0n) is 11.8. The van der Waals surface area contributed by atoms with Crippen molar-refractivity contribution in [3.05, 3.63) is 29.3 Å². The summed E-state index contributed by atoms with van der Waals surface area (Å²) < 4.78 is 5.59. The van der Waals surface area contributed by atoms with Crippen LogP contribution in [0.25, 0.3) is 0 Å². The van der Waals surface area contributed by atoms with Crippen molar-refractivity contribution in [1.82, 2.24) is 15.5 Å². The van der Waals surface area contributed by atoms with Gasteiger partial charge in [0.15, 0.2) is 0 Å². The van der Waals surface area contributed by atoms with Crippen LogP contribution in [0.4, 0.5) is 0 Å². The molecule has 0 radical (unpaired) electrons. The number of likely N-dealkylation sites (N-methyl/N-ethyl adjacent to an activating group) is 2. The van der Waals surface area contributed by atoms with Crippen LogP contribution in [0.2, 0.25) is 0 Å². The Bertz CT molecular complexity index is 449. The fourth-order valence-corrected chi connectivity index (χ4v) is 3.18. The average molecular weight is 261 g/mol. The number of hydrogen-bond acceptors (Lipinski definition) is 4. The summed E-state index contributed by atoms with van der Waals surface area (Å²) in [6.45, 7) is 4.06. The zero-order chi connectivity index (χ0) is 13.2. The van der Waals surface area contributed by atoms with E-state index in [1.807, 2.05) is 0 Å². The van der Waals surface area contributed by atoms with E-state index in [0.717, 1.165) is 38.4 Å². The van der Waals surface area contributed by atoms with Crippen LogP contribution in [0.1, 0.15) is 17.2 Å². The third-order valence-corrected chi connectivity index (χ3v) is 4.33. The molecule has 2 aliphatic rings. The zero-order valence-corrected chi connectivity index (χ0v) is 11.8. The van der Waals surface area contributed by atoms with Crippen molar-refractivity contribution < 1.29 is 4.74 Å². The number of fused-ring (bicyclic) bond motifs is 1. The maximum Gasteiger partial charge on any atom is 0.122 e. The van der Waals surface area contributed by atoms with Gasteiger partial charge in [0.2, 0.25) is 0 Å². The Morgan fingerprint density at radius 3 is 3.16 bits per heavy atom. The molecule has 0 aliphatic carbocycles. The molecule has 4 heteroatoms. The first-order chi connectivity index (χ1) is 9.29. The summed E-state index contributed by atoms with van der Waals surface area (Å²) in [6.07, 6.45) is 1.04. The van der Waals surface area contributed by atoms with E-state index in [9.17, 15) is 0 Å². The molecule has 1 saturated heterocycles. The molecule has 1 aromatic rings. The lowest BCUT2D eigenvalue weighted by molar-refractivity contribution is 0.162. The van der Waals surface area contributed by atoms with E-state index in [4.69, 9.17) is 4.74 Å². The molecule has 3 rings (SSSR count). The normalized spacial score (nSPS) is 24.8. The van der Waals surface area contributed by atoms with Gasteiger partial charge in [-0.1, -0.05) is 12.1 Å². The largest absolute Gasteiger partial charge is 0.493 e. The Morgan fingerprint density at radius 1 is 1.47 bits per heavy atom. The number of nitrogens with zero attached hydrogens (tertiary/aromatic N) is 1. The van der Waals surface area contributed by atoms with Crippen molar-refractivity contribution in [1.29, 1.82) is 0 Å². The summed E-state index contributed by atoms with van der Waals surface area (Å²) in [7, 11) is 4.27. The molecular formula is C15H23N3O. The van der Waals surface area contributed by atoms with E-state index in [-0.39, 0.29) is 0 Å². The summed E-state index contributed by atoms with van der Waals surface area (Å²) >= 11 is 0. The van der Waals surface area contributed by atoms with Crippen molar-refractivity contribution in [2.75, 3.05) is 40.3 Å². The highest BCUT2D eigenvalue weighted by Crippen LogP contribution is 2.30. The molecule has 104 valence electrons. The van der Waals surface area contributed by atoms with Crippen molar-refractivity contribution in [3.63, 3.8) is 0 Å². The number of ether oxygens (including phenoxy) is 1. The summed E-state index contributed by atoms with van der Waals surface area (Å²) in [5.74, 6) is 1.06. The van der Waals surface area contributed by atoms with Crippen LogP contribution in [-0.4, -0.2) is 51.3 Å². The maximum atomic E-state index is 5.59. The van der Waals surface area contributed by atoms with Gasteiger partial charge in [0, 0.05) is 38.1 Å². The fraction of sp³-hybridized carbons (Fsp3) is 0.600. The van der Waals surface area contributed by atoms with Crippen LogP contribution in [0.5, 0.6) is 5.75 Å². The third kappa shape index (κ3) is 2.48. The highest BCUT2D eigenvalue weighted by atomic mass is 16.5. The Labute approximate surface area is 115 Å². The van der Waals surface area contributed by atoms with Crippen LogP contribution in [0.3, 0.4) is 0 Å². The first kappa shape index (κ1) is 12.9. The lowest BCUT2D eigenvalue weighted by atomic mass is 9.95. The van der Waals surface area contributed by atoms with Gasteiger partial charge < -0.3 is 15.4 Å². The molecule has 2 N–H and O–H groups in total. The van der Waals surface area contributed by atoms with Crippen molar-refractivity contribution >= 4 is 0 Å². The van der Waals surface area contributed by atoms with E-state index >= 15 is 0 Å². The van der Waals surface area contributed by atoms with E-state index in [1.165, 1.54) is 11.1 Å². The molecule has 19 heavy (non-hydrogen) atoms. The number of piperazine rings is 1. The fourth-order valence-electron chi connectivity index (χ4n) is 3.18. The summed E-state index contributed by atoms with van der Waals surface area (Å²) in [5.41, 5.74) is 2.72. The van der Waals surface area contributed by atoms with Gasteiger partial charge in [0.05, 0.1) is 6.61 Å². The van der Waals surface area contributed by atoms with Gasteiger partial charge >= 0.3 is 0 Å². The number of hydrogen-bond donors (Lipinski definition) is 2. The van der Waals surface area contributed by atoms with E-state index in [0.29, 0.717) is 12.1 Å². The van der Waals surface area contributed by atoms with Gasteiger partial charge in [-0.05, 0) is 31.3 Å². The first-order valence-electron chi connectivity index (χ1n) is 7.13. The standard InChI is InChI=1S/C15H23N3O/c1-16-15(13-10-17-6-7-18(13)2)12-3-4-14-11(9-12)5-8-19-14/h3-4,9,13,15-17H,5-8,10H2,1-2H3. The molecule has 2 aliphatic heterocycles. The van der Waals surface area contributed by atoms with E-state index < -0.39 is 0 Å². The highest BCUT2D eigenvalue weighted by Gasteiger charge is 2.28. The monoisotopic (exact) mass is 261 g/mol. The summed E-state index contributed by atoms with van der Waals surface area (Å²) in [4.78, 5) is 2.45. The highest BCUT2D eigenvalue weighted by molar-refractivity contribution is 5.41. The number of nitrogens with one attached hydrogen (secondary N) is 2. The van der Waals surface area contributed by atoms with Crippen molar-refractivity contribution in [2.45, 2.75) is 18.5 Å². The minimum Gasteiger partial charge on any atom is -0.493 e. The SMILES string of the molecule is CNC(c1ccc2c(c1)CCO2)C1CNCCN1C. The van der Waals surface area contributed by atoms with Gasteiger partial charge in [-0.15, -0.1) is 0 Å². The Balaban J connectivity index is 1.85. The maximum absolute atomic E-state index is 5.59. The molecule has 2 atom stereocenters. The number of benzene rings is 1. The molecule has 0 bridgehead atoms. The molecule has 2 heterocycles. The van der Waals surface area contributed by atoms with Gasteiger partial charge in [0.25, 0.3) is 0 Å². The predicted molar refractivity (Wildman–Crippen MR) is 76.7 cm³/mol.